The summed E-state index contributed by atoms with van der Waals surface area (Å²) >= 11 is 0. The van der Waals surface area contributed by atoms with Crippen LogP contribution in [0.2, 0.25) is 0 Å². The fourth-order valence-corrected chi connectivity index (χ4v) is 4.42. The third-order valence-electron chi connectivity index (χ3n) is 6.36. The number of nitrogens with zero attached hydrogens (tertiary/aromatic N) is 14. The molecule has 0 aliphatic heterocycles. The van der Waals surface area contributed by atoms with Gasteiger partial charge in [0, 0.05) is 75.2 Å². The molecule has 0 atom stereocenters. The van der Waals surface area contributed by atoms with Crippen LogP contribution in [0.5, 0.6) is 0 Å². The summed E-state index contributed by atoms with van der Waals surface area (Å²) in [4.78, 5) is 25.0. The van der Waals surface area contributed by atoms with E-state index in [9.17, 15) is 0 Å². The van der Waals surface area contributed by atoms with E-state index in [1.807, 2.05) is 73.1 Å². The summed E-state index contributed by atoms with van der Waals surface area (Å²) in [6, 6.07) is 19.6. The first kappa shape index (κ1) is 29.3. The van der Waals surface area contributed by atoms with Gasteiger partial charge >= 0.3 is 0 Å². The fourth-order valence-electron chi connectivity index (χ4n) is 4.42. The summed E-state index contributed by atoms with van der Waals surface area (Å²) in [6.45, 7) is 0. The third-order valence-corrected chi connectivity index (χ3v) is 6.36. The smallest absolute Gasteiger partial charge is 0.157 e. The van der Waals surface area contributed by atoms with Gasteiger partial charge in [-0.2, -0.15) is 20.4 Å². The number of rotatable bonds is 4. The van der Waals surface area contributed by atoms with Crippen LogP contribution >= 0.6 is 0 Å². The molecule has 0 N–H and O–H groups in total. The highest BCUT2D eigenvalue weighted by molar-refractivity contribution is 6.04. The molecule has 4 aromatic heterocycles. The van der Waals surface area contributed by atoms with Crippen molar-refractivity contribution in [2.45, 2.75) is 0 Å². The zero-order valence-corrected chi connectivity index (χ0v) is 24.7. The van der Waals surface area contributed by atoms with Crippen molar-refractivity contribution in [3.63, 3.8) is 0 Å². The Labute approximate surface area is 253 Å². The van der Waals surface area contributed by atoms with Crippen LogP contribution in [0.25, 0.3) is 0 Å². The minimum absolute atomic E-state index is 0.722. The summed E-state index contributed by atoms with van der Waals surface area (Å²) in [5.74, 6) is 3.04. The van der Waals surface area contributed by atoms with E-state index in [4.69, 9.17) is 0 Å². The zero-order valence-electron chi connectivity index (χ0n) is 24.7. The predicted octanol–water partition coefficient (Wildman–Crippen LogP) is 2.65. The molecule has 6 aromatic rings. The lowest BCUT2D eigenvalue weighted by Crippen LogP contribution is -2.16. The monoisotopic (exact) mass is 586 g/mol. The largest absolute Gasteiger partial charge is 0.270 e. The van der Waals surface area contributed by atoms with Crippen LogP contribution in [0.15, 0.2) is 131 Å². The van der Waals surface area contributed by atoms with Gasteiger partial charge in [0.15, 0.2) is 23.3 Å². The van der Waals surface area contributed by atoms with Gasteiger partial charge in [-0.15, -0.1) is 0 Å². The predicted molar refractivity (Wildman–Crippen MR) is 169 cm³/mol. The van der Waals surface area contributed by atoms with Gasteiger partial charge in [0.2, 0.25) is 0 Å². The second-order valence-corrected chi connectivity index (χ2v) is 8.92. The maximum atomic E-state index is 4.31. The lowest BCUT2D eigenvalue weighted by atomic mass is 10.1. The van der Waals surface area contributed by atoms with Crippen LogP contribution in [-0.4, -0.2) is 101 Å². The molecule has 0 unspecified atom stereocenters. The molecular formula is C30H30N14. The fraction of sp³-hybridized carbons (Fsp3) is 0.133. The van der Waals surface area contributed by atoms with Crippen molar-refractivity contribution >= 4 is 23.3 Å². The lowest BCUT2D eigenvalue weighted by Gasteiger charge is -2.09. The normalized spacial score (nSPS) is 12.6. The quantitative estimate of drug-likeness (QED) is 0.229. The van der Waals surface area contributed by atoms with Gasteiger partial charge < -0.3 is 0 Å². The summed E-state index contributed by atoms with van der Waals surface area (Å²) in [5, 5.41) is 16.7. The average molecular weight is 587 g/mol. The second-order valence-electron chi connectivity index (χ2n) is 8.92. The van der Waals surface area contributed by atoms with E-state index >= 15 is 0 Å². The highest BCUT2D eigenvalue weighted by Gasteiger charge is 2.11. The van der Waals surface area contributed by atoms with Gasteiger partial charge in [-0.25, -0.2) is 28.7 Å². The molecule has 44 heavy (non-hydrogen) atoms. The number of benzene rings is 2. The van der Waals surface area contributed by atoms with Crippen LogP contribution in [0, 0.1) is 0 Å². The summed E-state index contributed by atoms with van der Waals surface area (Å²) in [6.07, 6.45) is 13.4. The number of aliphatic imine (C=N–C) groups is 4. The van der Waals surface area contributed by atoms with E-state index in [0.717, 1.165) is 45.6 Å². The minimum atomic E-state index is 0.722. The highest BCUT2D eigenvalue weighted by Crippen LogP contribution is 2.11. The molecule has 2 aromatic carbocycles. The molecule has 0 spiro atoms. The number of aromatic nitrogens is 10. The van der Waals surface area contributed by atoms with Gasteiger partial charge in [-0.05, 0) is 12.1 Å². The molecule has 4 heterocycles. The Balaban J connectivity index is 0.000000175. The lowest BCUT2D eigenvalue weighted by molar-refractivity contribution is 0.925. The topological polar surface area (TPSA) is 146 Å². The maximum absolute atomic E-state index is 4.31. The third kappa shape index (κ3) is 6.49. The van der Waals surface area contributed by atoms with Crippen molar-refractivity contribution in [2.75, 3.05) is 28.2 Å². The van der Waals surface area contributed by atoms with Crippen molar-refractivity contribution in [3.8, 4) is 0 Å². The van der Waals surface area contributed by atoms with Crippen molar-refractivity contribution in [1.82, 2.24) is 49.1 Å². The van der Waals surface area contributed by atoms with E-state index in [-0.39, 0.29) is 0 Å². The Hall–Kier alpha value is -6.18. The number of hydrogen-bond acceptors (Lipinski definition) is 10. The molecule has 0 bridgehead atoms. The molecule has 0 saturated carbocycles. The molecular weight excluding hydrogens is 556 g/mol. The van der Waals surface area contributed by atoms with Crippen LogP contribution < -0.4 is 0 Å². The SMILES string of the molecule is CN=C(c1ccc(C(=NC)n2cccn2)cc1)n1cccn1.CN=C(c1ccc(C(=NC)n2cncn2)cc1)n1cncn1. The Morgan fingerprint density at radius 1 is 0.455 bits per heavy atom. The van der Waals surface area contributed by atoms with Crippen molar-refractivity contribution in [1.29, 1.82) is 0 Å². The maximum Gasteiger partial charge on any atom is 0.157 e. The standard InChI is InChI=1S/C16H16N6.C14H14N8/c1-17-15(21-11-3-9-19-21)13-5-7-14(8-6-13)16(18-2)22-12-4-10-20-22;1-15-13(21-9-17-7-19-21)11-3-5-12(6-4-11)14(16-2)22-10-18-8-20-22/h3-12H,1-2H3;3-10H,1-2H3. The van der Waals surface area contributed by atoms with Crippen molar-refractivity contribution in [2.24, 2.45) is 20.0 Å². The summed E-state index contributed by atoms with van der Waals surface area (Å²) in [5.41, 5.74) is 3.85. The van der Waals surface area contributed by atoms with Crippen LogP contribution in [0.1, 0.15) is 22.3 Å². The Morgan fingerprint density at radius 2 is 0.773 bits per heavy atom. The van der Waals surface area contributed by atoms with Crippen LogP contribution in [0.4, 0.5) is 0 Å². The van der Waals surface area contributed by atoms with Gasteiger partial charge in [-0.1, -0.05) is 48.5 Å². The van der Waals surface area contributed by atoms with Gasteiger partial charge in [0.25, 0.3) is 0 Å². The van der Waals surface area contributed by atoms with Gasteiger partial charge in [0.05, 0.1) is 0 Å². The molecule has 14 nitrogen and oxygen atoms in total. The van der Waals surface area contributed by atoms with E-state index in [1.54, 1.807) is 72.0 Å². The zero-order chi connectivity index (χ0) is 30.7. The first-order valence-corrected chi connectivity index (χ1v) is 13.5. The molecule has 14 heteroatoms. The first-order chi connectivity index (χ1) is 21.7. The van der Waals surface area contributed by atoms with Crippen LogP contribution in [0.3, 0.4) is 0 Å². The molecule has 220 valence electrons. The Kier molecular flexibility index (Phi) is 9.42. The highest BCUT2D eigenvalue weighted by atomic mass is 15.3. The Bertz CT molecular complexity index is 1560. The number of hydrogen-bond donors (Lipinski definition) is 0. The summed E-state index contributed by atoms with van der Waals surface area (Å²) < 4.78 is 6.75. The van der Waals surface area contributed by atoms with E-state index in [2.05, 4.69) is 50.3 Å². The second kappa shape index (κ2) is 14.1. The van der Waals surface area contributed by atoms with Crippen molar-refractivity contribution in [3.05, 3.63) is 133 Å². The molecule has 0 fully saturated rings. The van der Waals surface area contributed by atoms with E-state index in [0.29, 0.717) is 0 Å². The van der Waals surface area contributed by atoms with E-state index < -0.39 is 0 Å². The van der Waals surface area contributed by atoms with Gasteiger partial charge in [0.1, 0.15) is 25.3 Å². The molecule has 0 aliphatic carbocycles. The van der Waals surface area contributed by atoms with Gasteiger partial charge in [-0.3, -0.25) is 20.0 Å². The van der Waals surface area contributed by atoms with Crippen molar-refractivity contribution < 1.29 is 0 Å². The molecule has 0 aliphatic rings. The molecule has 0 amide bonds. The van der Waals surface area contributed by atoms with E-state index in [1.165, 1.54) is 12.7 Å². The molecule has 6 rings (SSSR count). The molecule has 0 saturated heterocycles. The Morgan fingerprint density at radius 3 is 1.00 bits per heavy atom. The minimum Gasteiger partial charge on any atom is -0.270 e. The first-order valence-electron chi connectivity index (χ1n) is 13.5. The summed E-state index contributed by atoms with van der Waals surface area (Å²) in [7, 11) is 6.96. The average Bonchev–Trinajstić information content (AvgIpc) is 3.90. The van der Waals surface area contributed by atoms with Crippen LogP contribution in [-0.2, 0) is 0 Å². The molecule has 0 radical (unpaired) electrons.